The highest BCUT2D eigenvalue weighted by molar-refractivity contribution is 5.77. The Bertz CT molecular complexity index is 1170. The summed E-state index contributed by atoms with van der Waals surface area (Å²) in [4.78, 5) is 38.0. The van der Waals surface area contributed by atoms with E-state index in [1.807, 2.05) is 13.1 Å². The summed E-state index contributed by atoms with van der Waals surface area (Å²) >= 11 is 0. The van der Waals surface area contributed by atoms with Crippen LogP contribution in [0.4, 0.5) is 4.79 Å². The van der Waals surface area contributed by atoms with Crippen molar-refractivity contribution in [2.45, 2.75) is 81.6 Å². The zero-order valence-electron chi connectivity index (χ0n) is 20.8. The Kier molecular flexibility index (Phi) is 5.60. The Morgan fingerprint density at radius 3 is 2.64 bits per heavy atom. The SMILES string of the molecule is CN1CC[C@]23c4c5ccc(OC(=O)OC(C)(C)C)c4O[C@H]2C(OC(=O)CCC(=O)O)=CC[C@@]3(O)[C@H]1C5. The van der Waals surface area contributed by atoms with E-state index in [1.54, 1.807) is 32.9 Å². The maximum atomic E-state index is 12.5. The number of carbonyl (C=O) groups is 3. The molecule has 0 aromatic heterocycles. The maximum Gasteiger partial charge on any atom is 0.514 e. The number of carboxylic acids is 1. The summed E-state index contributed by atoms with van der Waals surface area (Å²) in [7, 11) is 1.98. The minimum atomic E-state index is -1.20. The fourth-order valence-corrected chi connectivity index (χ4v) is 6.26. The summed E-state index contributed by atoms with van der Waals surface area (Å²) in [6, 6.07) is 3.36. The van der Waals surface area contributed by atoms with Crippen LogP contribution in [0.3, 0.4) is 0 Å². The molecule has 0 saturated carbocycles. The lowest BCUT2D eigenvalue weighted by Gasteiger charge is -2.61. The normalized spacial score (nSPS) is 30.0. The number of hydrogen-bond donors (Lipinski definition) is 2. The third kappa shape index (κ3) is 3.66. The summed E-state index contributed by atoms with van der Waals surface area (Å²) in [5.41, 5.74) is -1.13. The number of carboxylic acid groups (broad SMARTS) is 1. The van der Waals surface area contributed by atoms with Gasteiger partial charge in [0.15, 0.2) is 17.6 Å². The monoisotopic (exact) mass is 501 g/mol. The highest BCUT2D eigenvalue weighted by atomic mass is 16.7. The Balaban J connectivity index is 1.56. The first-order valence-corrected chi connectivity index (χ1v) is 12.1. The van der Waals surface area contributed by atoms with Gasteiger partial charge in [-0.05, 0) is 64.9 Å². The lowest BCUT2D eigenvalue weighted by Crippen LogP contribution is -2.74. The number of carbonyl (C=O) groups excluding carboxylic acids is 2. The molecule has 194 valence electrons. The molecular formula is C26H31NO9. The van der Waals surface area contributed by atoms with E-state index in [0.29, 0.717) is 25.1 Å². The van der Waals surface area contributed by atoms with Crippen LogP contribution >= 0.6 is 0 Å². The number of aliphatic hydroxyl groups is 1. The average Bonchev–Trinajstić information content (AvgIpc) is 3.12. The Morgan fingerprint density at radius 1 is 1.19 bits per heavy atom. The number of nitrogens with zero attached hydrogens (tertiary/aromatic N) is 1. The maximum absolute atomic E-state index is 12.5. The van der Waals surface area contributed by atoms with Gasteiger partial charge in [-0.25, -0.2) is 4.79 Å². The number of esters is 1. The predicted molar refractivity (Wildman–Crippen MR) is 125 cm³/mol. The molecule has 4 atom stereocenters. The molecule has 1 fully saturated rings. The van der Waals surface area contributed by atoms with Crippen LogP contribution in [0.2, 0.25) is 0 Å². The second-order valence-corrected chi connectivity index (χ2v) is 11.0. The van der Waals surface area contributed by atoms with Crippen molar-refractivity contribution in [3.8, 4) is 11.5 Å². The van der Waals surface area contributed by atoms with Crippen LogP contribution in [-0.2, 0) is 30.9 Å². The molecule has 0 unspecified atom stereocenters. The molecule has 0 amide bonds. The number of benzene rings is 1. The van der Waals surface area contributed by atoms with Crippen molar-refractivity contribution < 1.29 is 43.5 Å². The van der Waals surface area contributed by atoms with Gasteiger partial charge in [0.05, 0.1) is 23.9 Å². The third-order valence-electron chi connectivity index (χ3n) is 7.70. The molecule has 2 N–H and O–H groups in total. The molecule has 36 heavy (non-hydrogen) atoms. The number of aliphatic carboxylic acids is 1. The lowest BCUT2D eigenvalue weighted by molar-refractivity contribution is -0.169. The lowest BCUT2D eigenvalue weighted by atomic mass is 9.50. The van der Waals surface area contributed by atoms with E-state index >= 15 is 0 Å². The number of likely N-dealkylation sites (tertiary alicyclic amines) is 1. The molecule has 2 aliphatic carbocycles. The quantitative estimate of drug-likeness (QED) is 0.458. The molecule has 2 aliphatic heterocycles. The summed E-state index contributed by atoms with van der Waals surface area (Å²) < 4.78 is 22.9. The van der Waals surface area contributed by atoms with Crippen molar-refractivity contribution in [1.82, 2.24) is 4.90 Å². The smallest absolute Gasteiger partial charge is 0.481 e. The summed E-state index contributed by atoms with van der Waals surface area (Å²) in [6.45, 7) is 5.89. The van der Waals surface area contributed by atoms with Crippen molar-refractivity contribution in [3.05, 3.63) is 35.1 Å². The second-order valence-electron chi connectivity index (χ2n) is 11.0. The van der Waals surface area contributed by atoms with Gasteiger partial charge in [0.1, 0.15) is 11.4 Å². The van der Waals surface area contributed by atoms with Crippen LogP contribution in [0.5, 0.6) is 11.5 Å². The van der Waals surface area contributed by atoms with Gasteiger partial charge in [-0.2, -0.15) is 0 Å². The van der Waals surface area contributed by atoms with Crippen LogP contribution in [-0.4, -0.2) is 70.1 Å². The molecule has 5 rings (SSSR count). The number of ether oxygens (including phenoxy) is 4. The topological polar surface area (TPSA) is 132 Å². The zero-order chi connectivity index (χ0) is 26.0. The van der Waals surface area contributed by atoms with E-state index in [9.17, 15) is 19.5 Å². The first-order valence-electron chi connectivity index (χ1n) is 12.1. The summed E-state index contributed by atoms with van der Waals surface area (Å²) in [5.74, 6) is -1.04. The zero-order valence-corrected chi connectivity index (χ0v) is 20.8. The van der Waals surface area contributed by atoms with E-state index in [2.05, 4.69) is 4.90 Å². The Labute approximate surface area is 208 Å². The van der Waals surface area contributed by atoms with E-state index in [4.69, 9.17) is 24.1 Å². The molecule has 10 nitrogen and oxygen atoms in total. The van der Waals surface area contributed by atoms with Crippen LogP contribution in [0.25, 0.3) is 0 Å². The average molecular weight is 502 g/mol. The van der Waals surface area contributed by atoms with Crippen molar-refractivity contribution in [2.75, 3.05) is 13.6 Å². The van der Waals surface area contributed by atoms with Gasteiger partial charge >= 0.3 is 18.1 Å². The van der Waals surface area contributed by atoms with Crippen LogP contribution < -0.4 is 9.47 Å². The molecular weight excluding hydrogens is 470 g/mol. The van der Waals surface area contributed by atoms with Gasteiger partial charge in [-0.3, -0.25) is 9.59 Å². The van der Waals surface area contributed by atoms with Crippen LogP contribution in [0.15, 0.2) is 24.0 Å². The van der Waals surface area contributed by atoms with Crippen molar-refractivity contribution in [1.29, 1.82) is 0 Å². The fourth-order valence-electron chi connectivity index (χ4n) is 6.26. The molecule has 1 spiro atoms. The number of hydrogen-bond acceptors (Lipinski definition) is 9. The van der Waals surface area contributed by atoms with E-state index in [0.717, 1.165) is 11.1 Å². The minimum Gasteiger partial charge on any atom is -0.481 e. The molecule has 2 heterocycles. The fraction of sp³-hybridized carbons (Fsp3) is 0.577. The third-order valence-corrected chi connectivity index (χ3v) is 7.70. The largest absolute Gasteiger partial charge is 0.514 e. The molecule has 10 heteroatoms. The van der Waals surface area contributed by atoms with Gasteiger partial charge in [0.2, 0.25) is 0 Å². The van der Waals surface area contributed by atoms with E-state index < -0.39 is 40.8 Å². The van der Waals surface area contributed by atoms with Gasteiger partial charge in [0.25, 0.3) is 0 Å². The predicted octanol–water partition coefficient (Wildman–Crippen LogP) is 2.69. The minimum absolute atomic E-state index is 0.169. The number of rotatable bonds is 5. The van der Waals surface area contributed by atoms with E-state index in [-0.39, 0.29) is 36.8 Å². The standard InChI is InChI=1S/C26H31NO9/c1-24(2,3)36-23(31)34-15-6-5-14-13-17-26(32)10-9-16(33-19(30)8-7-18(28)29)22-25(26,11-12-27(17)4)20(14)21(15)35-22/h5-6,9,17,22,32H,7-8,10-13H2,1-4H3,(H,28,29)/t17-,22+,25+,26-/m1/s1. The second kappa shape index (κ2) is 8.21. The number of likely N-dealkylation sites (N-methyl/N-ethyl adjacent to an activating group) is 1. The van der Waals surface area contributed by atoms with Gasteiger partial charge in [-0.1, -0.05) is 6.07 Å². The molecule has 1 aromatic carbocycles. The molecule has 0 radical (unpaired) electrons. The Morgan fingerprint density at radius 2 is 1.94 bits per heavy atom. The van der Waals surface area contributed by atoms with Crippen LogP contribution in [0, 0.1) is 0 Å². The van der Waals surface area contributed by atoms with Crippen molar-refractivity contribution >= 4 is 18.1 Å². The summed E-state index contributed by atoms with van der Waals surface area (Å²) in [6.07, 6.45) is 0.669. The highest BCUT2D eigenvalue weighted by Gasteiger charge is 2.72. The Hall–Kier alpha value is -3.11. The van der Waals surface area contributed by atoms with Gasteiger partial charge in [-0.15, -0.1) is 0 Å². The first-order chi connectivity index (χ1) is 16.9. The van der Waals surface area contributed by atoms with Crippen molar-refractivity contribution in [2.24, 2.45) is 0 Å². The summed E-state index contributed by atoms with van der Waals surface area (Å²) in [5, 5.41) is 21.1. The molecule has 2 bridgehead atoms. The molecule has 1 aromatic rings. The first kappa shape index (κ1) is 24.6. The molecule has 1 saturated heterocycles. The highest BCUT2D eigenvalue weighted by Crippen LogP contribution is 2.65. The molecule has 4 aliphatic rings. The number of piperidine rings is 1. The van der Waals surface area contributed by atoms with Crippen molar-refractivity contribution in [3.63, 3.8) is 0 Å². The van der Waals surface area contributed by atoms with Gasteiger partial charge < -0.3 is 34.1 Å². The van der Waals surface area contributed by atoms with Gasteiger partial charge in [0, 0.05) is 18.0 Å². The van der Waals surface area contributed by atoms with Crippen LogP contribution in [0.1, 0.15) is 57.6 Å². The van der Waals surface area contributed by atoms with E-state index in [1.165, 1.54) is 0 Å².